The summed E-state index contributed by atoms with van der Waals surface area (Å²) < 4.78 is 0. The van der Waals surface area contributed by atoms with Gasteiger partial charge >= 0.3 is 0 Å². The Morgan fingerprint density at radius 2 is 1.85 bits per heavy atom. The maximum absolute atomic E-state index is 3.50. The lowest BCUT2D eigenvalue weighted by atomic mass is 9.88. The van der Waals surface area contributed by atoms with Crippen LogP contribution < -0.4 is 5.32 Å². The summed E-state index contributed by atoms with van der Waals surface area (Å²) in [6, 6.07) is 0.642. The SMILES string of the molecule is CC(C)NCCCCCCN(C)CC1CC2CCC1C2. The number of nitrogens with zero attached hydrogens (tertiary/aromatic N) is 1. The van der Waals surface area contributed by atoms with E-state index in [9.17, 15) is 0 Å². The third-order valence-electron chi connectivity index (χ3n) is 5.45. The Morgan fingerprint density at radius 3 is 2.50 bits per heavy atom. The van der Waals surface area contributed by atoms with Crippen LogP contribution in [0.3, 0.4) is 0 Å². The normalized spacial score (nSPS) is 28.9. The maximum Gasteiger partial charge on any atom is 0.00103 e. The molecule has 2 saturated carbocycles. The number of unbranched alkanes of at least 4 members (excludes halogenated alkanes) is 3. The molecule has 3 unspecified atom stereocenters. The fraction of sp³-hybridized carbons (Fsp3) is 1.00. The van der Waals surface area contributed by atoms with Crippen molar-refractivity contribution in [2.24, 2.45) is 17.8 Å². The second-order valence-corrected chi connectivity index (χ2v) is 7.72. The molecule has 2 fully saturated rings. The van der Waals surface area contributed by atoms with Crippen LogP contribution in [-0.4, -0.2) is 37.6 Å². The molecule has 2 nitrogen and oxygen atoms in total. The van der Waals surface area contributed by atoms with Gasteiger partial charge in [-0.05, 0) is 70.0 Å². The molecule has 2 bridgehead atoms. The van der Waals surface area contributed by atoms with Crippen molar-refractivity contribution in [3.63, 3.8) is 0 Å². The fourth-order valence-electron chi connectivity index (χ4n) is 4.34. The van der Waals surface area contributed by atoms with Crippen molar-refractivity contribution in [2.75, 3.05) is 26.7 Å². The van der Waals surface area contributed by atoms with E-state index in [1.165, 1.54) is 64.6 Å². The quantitative estimate of drug-likeness (QED) is 0.610. The summed E-state index contributed by atoms with van der Waals surface area (Å²) in [6.45, 7) is 8.33. The minimum atomic E-state index is 0.642. The van der Waals surface area contributed by atoms with Gasteiger partial charge in [-0.1, -0.05) is 33.1 Å². The summed E-state index contributed by atoms with van der Waals surface area (Å²) in [5.41, 5.74) is 0. The van der Waals surface area contributed by atoms with E-state index in [-0.39, 0.29) is 0 Å². The molecule has 2 rings (SSSR count). The van der Waals surface area contributed by atoms with E-state index in [0.717, 1.165) is 17.8 Å². The highest BCUT2D eigenvalue weighted by Crippen LogP contribution is 2.48. The fourth-order valence-corrected chi connectivity index (χ4v) is 4.34. The molecule has 0 spiro atoms. The van der Waals surface area contributed by atoms with E-state index >= 15 is 0 Å². The van der Waals surface area contributed by atoms with Crippen LogP contribution in [0, 0.1) is 17.8 Å². The minimum absolute atomic E-state index is 0.642. The van der Waals surface area contributed by atoms with Crippen LogP contribution in [0.5, 0.6) is 0 Å². The number of fused-ring (bicyclic) bond motifs is 2. The molecule has 0 amide bonds. The van der Waals surface area contributed by atoms with Gasteiger partial charge < -0.3 is 10.2 Å². The second kappa shape index (κ2) is 8.38. The highest BCUT2D eigenvalue weighted by Gasteiger charge is 2.39. The van der Waals surface area contributed by atoms with Crippen LogP contribution in [-0.2, 0) is 0 Å². The van der Waals surface area contributed by atoms with Gasteiger partial charge in [-0.3, -0.25) is 0 Å². The smallest absolute Gasteiger partial charge is 0.00103 e. The van der Waals surface area contributed by atoms with Crippen molar-refractivity contribution in [1.82, 2.24) is 10.2 Å². The Balaban J connectivity index is 1.43. The largest absolute Gasteiger partial charge is 0.315 e. The summed E-state index contributed by atoms with van der Waals surface area (Å²) in [5, 5.41) is 3.50. The average Bonchev–Trinajstić information content (AvgIpc) is 2.99. The molecule has 3 atom stereocenters. The Bertz CT molecular complexity index is 264. The predicted molar refractivity (Wildman–Crippen MR) is 88.0 cm³/mol. The maximum atomic E-state index is 3.50. The third-order valence-corrected chi connectivity index (χ3v) is 5.45. The molecule has 2 aliphatic carbocycles. The molecule has 0 heterocycles. The van der Waals surface area contributed by atoms with Crippen molar-refractivity contribution >= 4 is 0 Å². The lowest BCUT2D eigenvalue weighted by molar-refractivity contribution is 0.217. The number of nitrogens with one attached hydrogen (secondary N) is 1. The number of rotatable bonds is 10. The summed E-state index contributed by atoms with van der Waals surface area (Å²) >= 11 is 0. The molecular weight excluding hydrogens is 244 g/mol. The van der Waals surface area contributed by atoms with Crippen LogP contribution in [0.4, 0.5) is 0 Å². The van der Waals surface area contributed by atoms with Gasteiger partial charge in [-0.15, -0.1) is 0 Å². The standard InChI is InChI=1S/C18H36N2/c1-15(2)19-10-6-4-5-7-11-20(3)14-18-13-16-8-9-17(18)12-16/h15-19H,4-14H2,1-3H3. The van der Waals surface area contributed by atoms with E-state index in [0.29, 0.717) is 6.04 Å². The van der Waals surface area contributed by atoms with Gasteiger partial charge in [0.2, 0.25) is 0 Å². The zero-order valence-electron chi connectivity index (χ0n) is 14.0. The summed E-state index contributed by atoms with van der Waals surface area (Å²) in [5.74, 6) is 3.23. The first-order valence-electron chi connectivity index (χ1n) is 9.07. The lowest BCUT2D eigenvalue weighted by Gasteiger charge is -2.27. The molecule has 2 heteroatoms. The third kappa shape index (κ3) is 5.37. The van der Waals surface area contributed by atoms with Crippen LogP contribution in [0.2, 0.25) is 0 Å². The molecule has 0 aliphatic heterocycles. The predicted octanol–water partition coefficient (Wildman–Crippen LogP) is 3.91. The Morgan fingerprint density at radius 1 is 1.05 bits per heavy atom. The van der Waals surface area contributed by atoms with Crippen molar-refractivity contribution in [3.8, 4) is 0 Å². The van der Waals surface area contributed by atoms with E-state index in [4.69, 9.17) is 0 Å². The van der Waals surface area contributed by atoms with Crippen LogP contribution in [0.25, 0.3) is 0 Å². The topological polar surface area (TPSA) is 15.3 Å². The zero-order chi connectivity index (χ0) is 14.4. The van der Waals surface area contributed by atoms with Gasteiger partial charge in [0.15, 0.2) is 0 Å². The van der Waals surface area contributed by atoms with Crippen molar-refractivity contribution < 1.29 is 0 Å². The van der Waals surface area contributed by atoms with E-state index in [1.54, 1.807) is 6.42 Å². The van der Waals surface area contributed by atoms with Gasteiger partial charge in [-0.25, -0.2) is 0 Å². The Labute approximate surface area is 126 Å². The summed E-state index contributed by atoms with van der Waals surface area (Å²) in [6.07, 6.45) is 11.7. The molecule has 2 aliphatic rings. The van der Waals surface area contributed by atoms with Crippen LogP contribution in [0.1, 0.15) is 65.2 Å². The molecule has 0 saturated heterocycles. The summed E-state index contributed by atoms with van der Waals surface area (Å²) in [4.78, 5) is 2.61. The highest BCUT2D eigenvalue weighted by atomic mass is 15.1. The number of hydrogen-bond donors (Lipinski definition) is 1. The van der Waals surface area contributed by atoms with Crippen LogP contribution in [0.15, 0.2) is 0 Å². The van der Waals surface area contributed by atoms with Gasteiger partial charge in [0.05, 0.1) is 0 Å². The van der Waals surface area contributed by atoms with Gasteiger partial charge in [0.1, 0.15) is 0 Å². The van der Waals surface area contributed by atoms with Crippen molar-refractivity contribution in [3.05, 3.63) is 0 Å². The number of hydrogen-bond acceptors (Lipinski definition) is 2. The molecular formula is C18H36N2. The second-order valence-electron chi connectivity index (χ2n) is 7.72. The zero-order valence-corrected chi connectivity index (χ0v) is 14.0. The molecule has 0 aromatic rings. The Hall–Kier alpha value is -0.0800. The Kier molecular flexibility index (Phi) is 6.83. The molecule has 1 N–H and O–H groups in total. The summed E-state index contributed by atoms with van der Waals surface area (Å²) in [7, 11) is 2.34. The monoisotopic (exact) mass is 280 g/mol. The van der Waals surface area contributed by atoms with Crippen molar-refractivity contribution in [2.45, 2.75) is 71.3 Å². The van der Waals surface area contributed by atoms with E-state index in [1.807, 2.05) is 0 Å². The molecule has 0 aromatic carbocycles. The highest BCUT2D eigenvalue weighted by molar-refractivity contribution is 4.90. The molecule has 0 aromatic heterocycles. The van der Waals surface area contributed by atoms with Crippen LogP contribution >= 0.6 is 0 Å². The lowest BCUT2D eigenvalue weighted by Crippen LogP contribution is -2.29. The first-order valence-corrected chi connectivity index (χ1v) is 9.07. The average molecular weight is 280 g/mol. The molecule has 20 heavy (non-hydrogen) atoms. The van der Waals surface area contributed by atoms with Gasteiger partial charge in [-0.2, -0.15) is 0 Å². The van der Waals surface area contributed by atoms with Crippen molar-refractivity contribution in [1.29, 1.82) is 0 Å². The first-order chi connectivity index (χ1) is 9.65. The first kappa shape index (κ1) is 16.3. The minimum Gasteiger partial charge on any atom is -0.315 e. The van der Waals surface area contributed by atoms with E-state index in [2.05, 4.69) is 31.1 Å². The van der Waals surface area contributed by atoms with Gasteiger partial charge in [0.25, 0.3) is 0 Å². The molecule has 0 radical (unpaired) electrons. The molecule has 118 valence electrons. The van der Waals surface area contributed by atoms with E-state index < -0.39 is 0 Å². The van der Waals surface area contributed by atoms with Gasteiger partial charge in [0, 0.05) is 12.6 Å².